The van der Waals surface area contributed by atoms with Gasteiger partial charge in [-0.05, 0) is 0 Å². The van der Waals surface area contributed by atoms with E-state index in [0.717, 1.165) is 0 Å². The van der Waals surface area contributed by atoms with Crippen molar-refractivity contribution in [2.45, 2.75) is 0 Å². The summed E-state index contributed by atoms with van der Waals surface area (Å²) in [5, 5.41) is 9.18. The van der Waals surface area contributed by atoms with Gasteiger partial charge in [-0.15, -0.1) is 0 Å². The minimum Gasteiger partial charge on any atom is -2.00 e. The van der Waals surface area contributed by atoms with E-state index in [1.54, 1.807) is 0 Å². The van der Waals surface area contributed by atoms with E-state index in [0.29, 0.717) is 0 Å². The molecule has 2 nitrogen and oxygen atoms in total. The fourth-order valence-electron chi connectivity index (χ4n) is 0. The number of carbonyl (C=O) groups is 1. The van der Waals surface area contributed by atoms with Crippen LogP contribution in [-0.4, -0.2) is 11.7 Å². The van der Waals surface area contributed by atoms with Crippen molar-refractivity contribution in [2.24, 2.45) is 0 Å². The molecular weight excluding hydrogens is 120 g/mol. The number of carbonyl (C=O) groups excluding carboxylic acids is 1. The second kappa shape index (κ2) is 5.17. The van der Waals surface area contributed by atoms with Crippen molar-refractivity contribution in [3.63, 3.8) is 0 Å². The molecular formula is C2H3O2S2-3. The summed E-state index contributed by atoms with van der Waals surface area (Å²) < 4.78 is 0. The van der Waals surface area contributed by atoms with Crippen LogP contribution >= 0.6 is 12.6 Å². The zero-order chi connectivity index (χ0) is 4.28. The predicted molar refractivity (Wildman–Crippen MR) is 26.2 cm³/mol. The molecule has 0 radical (unpaired) electrons. The Bertz CT molecular complexity index is 44.8. The van der Waals surface area contributed by atoms with Crippen LogP contribution in [0.1, 0.15) is 0 Å². The highest BCUT2D eigenvalue weighted by Crippen LogP contribution is 1.62. The molecule has 0 aromatic heterocycles. The van der Waals surface area contributed by atoms with Crippen molar-refractivity contribution in [3.05, 3.63) is 0 Å². The minimum atomic E-state index is -1.13. The summed E-state index contributed by atoms with van der Waals surface area (Å²) in [7, 11) is 0. The standard InChI is InChI=1S/C2H4O2S.S/c3-2(4)1-5;/h5H,1H2,(H,3,4);/q;-2/p-1. The highest BCUT2D eigenvalue weighted by Gasteiger charge is 1.66. The molecule has 0 aliphatic heterocycles. The van der Waals surface area contributed by atoms with Crippen molar-refractivity contribution < 1.29 is 9.90 Å². The Morgan fingerprint density at radius 3 is 2.00 bits per heavy atom. The molecule has 0 atom stereocenters. The molecule has 0 bridgehead atoms. The van der Waals surface area contributed by atoms with Crippen LogP contribution in [0, 0.1) is 0 Å². The smallest absolute Gasteiger partial charge is 0.0510 e. The first-order chi connectivity index (χ1) is 2.27. The van der Waals surface area contributed by atoms with Gasteiger partial charge in [-0.3, -0.25) is 0 Å². The average molecular weight is 123 g/mol. The molecule has 0 rings (SSSR count). The molecule has 0 aliphatic rings. The van der Waals surface area contributed by atoms with Crippen molar-refractivity contribution in [3.8, 4) is 0 Å². The Morgan fingerprint density at radius 2 is 2.00 bits per heavy atom. The number of thiol groups is 1. The first-order valence-electron chi connectivity index (χ1n) is 1.08. The molecule has 0 aromatic carbocycles. The predicted octanol–water partition coefficient (Wildman–Crippen LogP) is -1.34. The molecule has 0 unspecified atom stereocenters. The number of hydrogen-bond donors (Lipinski definition) is 1. The lowest BCUT2D eigenvalue weighted by Gasteiger charge is -2.00. The fraction of sp³-hybridized carbons (Fsp3) is 0.500. The largest absolute Gasteiger partial charge is 2.00 e. The third kappa shape index (κ3) is 8.90. The Labute approximate surface area is 48.4 Å². The normalized spacial score (nSPS) is 6.17. The van der Waals surface area contributed by atoms with Gasteiger partial charge in [0.05, 0.1) is 5.97 Å². The number of hydrogen-bond acceptors (Lipinski definition) is 3. The molecule has 4 heteroatoms. The molecule has 38 valence electrons. The van der Waals surface area contributed by atoms with Crippen LogP contribution in [0.4, 0.5) is 0 Å². The Hall–Kier alpha value is 0.170. The van der Waals surface area contributed by atoms with Gasteiger partial charge in [0, 0.05) is 5.75 Å². The monoisotopic (exact) mass is 123 g/mol. The number of rotatable bonds is 1. The summed E-state index contributed by atoms with van der Waals surface area (Å²) in [6.07, 6.45) is 0. The molecule has 0 saturated carbocycles. The average Bonchev–Trinajstić information content (AvgIpc) is 1.38. The summed E-state index contributed by atoms with van der Waals surface area (Å²) in [5.41, 5.74) is 0. The van der Waals surface area contributed by atoms with Gasteiger partial charge in [-0.1, -0.05) is 0 Å². The molecule has 0 aromatic rings. The first-order valence-corrected chi connectivity index (χ1v) is 1.71. The van der Waals surface area contributed by atoms with Crippen LogP contribution < -0.4 is 5.11 Å². The molecule has 6 heavy (non-hydrogen) atoms. The third-order valence-electron chi connectivity index (χ3n) is 0.129. The SMILES string of the molecule is O=C([O-])CS.[S-2]. The lowest BCUT2D eigenvalue weighted by molar-refractivity contribution is -0.301. The Kier molecular flexibility index (Phi) is 8.17. The second-order valence-corrected chi connectivity index (χ2v) is 0.846. The van der Waals surface area contributed by atoms with Gasteiger partial charge in [0.15, 0.2) is 0 Å². The van der Waals surface area contributed by atoms with Gasteiger partial charge in [-0.2, -0.15) is 12.6 Å². The number of carboxylic acid groups (broad SMARTS) is 1. The zero-order valence-electron chi connectivity index (χ0n) is 2.88. The van der Waals surface area contributed by atoms with Crippen LogP contribution in [-0.2, 0) is 18.3 Å². The number of carboxylic acids is 1. The van der Waals surface area contributed by atoms with Crippen LogP contribution in [0.25, 0.3) is 0 Å². The Morgan fingerprint density at radius 1 is 1.83 bits per heavy atom. The Balaban J connectivity index is 0. The first kappa shape index (κ1) is 9.48. The quantitative estimate of drug-likeness (QED) is 0.439. The highest BCUT2D eigenvalue weighted by molar-refractivity contribution is 7.81. The fourth-order valence-corrected chi connectivity index (χ4v) is 0. The van der Waals surface area contributed by atoms with Gasteiger partial charge in [0.1, 0.15) is 0 Å². The van der Waals surface area contributed by atoms with Crippen LogP contribution in [0.5, 0.6) is 0 Å². The van der Waals surface area contributed by atoms with E-state index in [-0.39, 0.29) is 19.2 Å². The maximum atomic E-state index is 9.18. The van der Waals surface area contributed by atoms with E-state index in [9.17, 15) is 9.90 Å². The molecule has 0 spiro atoms. The summed E-state index contributed by atoms with van der Waals surface area (Å²) in [6, 6.07) is 0. The van der Waals surface area contributed by atoms with Gasteiger partial charge in [-0.25, -0.2) is 0 Å². The van der Waals surface area contributed by atoms with Crippen LogP contribution in [0.3, 0.4) is 0 Å². The van der Waals surface area contributed by atoms with Gasteiger partial charge in [0.25, 0.3) is 0 Å². The van der Waals surface area contributed by atoms with Crippen molar-refractivity contribution in [1.29, 1.82) is 0 Å². The molecule has 0 heterocycles. The van der Waals surface area contributed by atoms with E-state index in [1.807, 2.05) is 0 Å². The zero-order valence-corrected chi connectivity index (χ0v) is 4.59. The molecule has 0 aliphatic carbocycles. The lowest BCUT2D eigenvalue weighted by atomic mass is 10.8. The maximum absolute atomic E-state index is 9.18. The summed E-state index contributed by atoms with van der Waals surface area (Å²) in [6.45, 7) is 0. The van der Waals surface area contributed by atoms with Crippen LogP contribution in [0.2, 0.25) is 0 Å². The summed E-state index contributed by atoms with van der Waals surface area (Å²) in [5.74, 6) is -1.33. The van der Waals surface area contributed by atoms with Crippen molar-refractivity contribution >= 4 is 32.1 Å². The molecule has 0 N–H and O–H groups in total. The summed E-state index contributed by atoms with van der Waals surface area (Å²) in [4.78, 5) is 9.18. The summed E-state index contributed by atoms with van der Waals surface area (Å²) >= 11 is 3.35. The van der Waals surface area contributed by atoms with E-state index < -0.39 is 5.97 Å². The van der Waals surface area contributed by atoms with E-state index in [4.69, 9.17) is 0 Å². The van der Waals surface area contributed by atoms with Gasteiger partial charge in [0.2, 0.25) is 0 Å². The minimum absolute atomic E-state index is 0. The molecule has 0 fully saturated rings. The third-order valence-corrected chi connectivity index (χ3v) is 0.387. The second-order valence-electron chi connectivity index (χ2n) is 0.530. The van der Waals surface area contributed by atoms with E-state index in [2.05, 4.69) is 12.6 Å². The topological polar surface area (TPSA) is 40.1 Å². The van der Waals surface area contributed by atoms with Crippen LogP contribution in [0.15, 0.2) is 0 Å². The lowest BCUT2D eigenvalue weighted by Crippen LogP contribution is -2.23. The van der Waals surface area contributed by atoms with Crippen molar-refractivity contribution in [2.75, 3.05) is 5.75 Å². The molecule has 0 saturated heterocycles. The van der Waals surface area contributed by atoms with E-state index >= 15 is 0 Å². The van der Waals surface area contributed by atoms with E-state index in [1.165, 1.54) is 0 Å². The van der Waals surface area contributed by atoms with Crippen molar-refractivity contribution in [1.82, 2.24) is 0 Å². The number of aliphatic carboxylic acids is 1. The van der Waals surface area contributed by atoms with Gasteiger partial charge < -0.3 is 23.4 Å². The maximum Gasteiger partial charge on any atom is 0.0510 e. The molecule has 0 amide bonds. The highest BCUT2D eigenvalue weighted by atomic mass is 32.1. The van der Waals surface area contributed by atoms with Gasteiger partial charge >= 0.3 is 0 Å².